The summed E-state index contributed by atoms with van der Waals surface area (Å²) >= 11 is 1.51. The lowest BCUT2D eigenvalue weighted by Gasteiger charge is -2.41. The lowest BCUT2D eigenvalue weighted by molar-refractivity contribution is -0.324. The zero-order chi connectivity index (χ0) is 18.9. The fourth-order valence-corrected chi connectivity index (χ4v) is 4.12. The molecule has 0 saturated heterocycles. The molecular weight excluding hydrogens is 356 g/mol. The molecule has 1 aromatic carbocycles. The Bertz CT molecular complexity index is 837. The number of aliphatic carboxylic acids is 1. The van der Waals surface area contributed by atoms with E-state index in [0.29, 0.717) is 0 Å². The van der Waals surface area contributed by atoms with Gasteiger partial charge in [0.25, 0.3) is 0 Å². The molecule has 0 amide bonds. The van der Waals surface area contributed by atoms with E-state index in [-0.39, 0.29) is 24.4 Å². The molecule has 0 radical (unpaired) electrons. The first-order valence-electron chi connectivity index (χ1n) is 8.11. The van der Waals surface area contributed by atoms with E-state index >= 15 is 0 Å². The van der Waals surface area contributed by atoms with Crippen LogP contribution in [-0.4, -0.2) is 39.1 Å². The summed E-state index contributed by atoms with van der Waals surface area (Å²) in [5, 5.41) is 43.3. The highest BCUT2D eigenvalue weighted by Gasteiger charge is 2.46. The van der Waals surface area contributed by atoms with Crippen LogP contribution in [0.4, 0.5) is 0 Å². The van der Waals surface area contributed by atoms with E-state index in [2.05, 4.69) is 6.58 Å². The molecule has 3 rings (SSSR count). The number of thiophene rings is 1. The van der Waals surface area contributed by atoms with Crippen LogP contribution in [0.15, 0.2) is 54.3 Å². The average Bonchev–Trinajstić information content (AvgIpc) is 3.02. The minimum Gasteiger partial charge on any atom is -0.547 e. The van der Waals surface area contributed by atoms with Gasteiger partial charge in [-0.15, -0.1) is 17.9 Å². The summed E-state index contributed by atoms with van der Waals surface area (Å²) in [6.45, 7) is 3.62. The van der Waals surface area contributed by atoms with Gasteiger partial charge in [-0.1, -0.05) is 24.3 Å². The highest BCUT2D eigenvalue weighted by Crippen LogP contribution is 2.37. The van der Waals surface area contributed by atoms with Crippen molar-refractivity contribution in [2.75, 3.05) is 0 Å². The van der Waals surface area contributed by atoms with Crippen LogP contribution in [0.1, 0.15) is 17.7 Å². The van der Waals surface area contributed by atoms with Crippen molar-refractivity contribution in [1.82, 2.24) is 0 Å². The highest BCUT2D eigenvalue weighted by atomic mass is 32.1. The molecule has 1 aliphatic rings. The molecule has 0 saturated carbocycles. The normalized spacial score (nSPS) is 26.1. The van der Waals surface area contributed by atoms with Crippen LogP contribution in [0, 0.1) is 0 Å². The van der Waals surface area contributed by atoms with Crippen LogP contribution >= 0.6 is 11.3 Å². The molecule has 3 N–H and O–H groups in total. The maximum Gasteiger partial charge on any atom is 0.137 e. The van der Waals surface area contributed by atoms with Crippen molar-refractivity contribution in [3.05, 3.63) is 59.2 Å². The topological polar surface area (TPSA) is 110 Å². The Hall–Kier alpha value is -2.19. The third kappa shape index (κ3) is 3.26. The Morgan fingerprint density at radius 3 is 2.81 bits per heavy atom. The van der Waals surface area contributed by atoms with Gasteiger partial charge in [0.05, 0.1) is 12.1 Å². The molecule has 1 aromatic heterocycles. The van der Waals surface area contributed by atoms with E-state index < -0.39 is 30.2 Å². The van der Waals surface area contributed by atoms with Gasteiger partial charge in [0.2, 0.25) is 0 Å². The molecule has 7 heteroatoms. The number of carboxylic acids is 1. The minimum atomic E-state index is -2.41. The Labute approximate surface area is 154 Å². The Balaban J connectivity index is 1.94. The Morgan fingerprint density at radius 2 is 2.15 bits per heavy atom. The predicted molar refractivity (Wildman–Crippen MR) is 95.0 cm³/mol. The molecule has 0 aliphatic heterocycles. The largest absolute Gasteiger partial charge is 0.547 e. The van der Waals surface area contributed by atoms with Crippen molar-refractivity contribution in [2.45, 2.75) is 37.3 Å². The first-order valence-corrected chi connectivity index (χ1v) is 8.93. The molecule has 1 heterocycles. The van der Waals surface area contributed by atoms with Gasteiger partial charge in [-0.2, -0.15) is 0 Å². The number of rotatable bonds is 6. The monoisotopic (exact) mass is 375 g/mol. The molecule has 3 atom stereocenters. The number of ether oxygens (including phenoxy) is 1. The van der Waals surface area contributed by atoms with Crippen LogP contribution in [-0.2, 0) is 16.1 Å². The van der Waals surface area contributed by atoms with E-state index in [4.69, 9.17) is 4.74 Å². The summed E-state index contributed by atoms with van der Waals surface area (Å²) < 4.78 is 6.74. The number of hydrogen-bond donors (Lipinski definition) is 3. The average molecular weight is 375 g/mol. The predicted octanol–water partition coefficient (Wildman–Crippen LogP) is 0.855. The zero-order valence-electron chi connectivity index (χ0n) is 13.9. The molecule has 0 bridgehead atoms. The van der Waals surface area contributed by atoms with Crippen molar-refractivity contribution < 1.29 is 30.0 Å². The molecule has 0 unspecified atom stereocenters. The van der Waals surface area contributed by atoms with Crippen molar-refractivity contribution in [3.8, 4) is 0 Å². The second-order valence-corrected chi connectivity index (χ2v) is 7.41. The maximum atomic E-state index is 11.5. The summed E-state index contributed by atoms with van der Waals surface area (Å²) in [6, 6.07) is 9.72. The molecular formula is C19H19O6S-. The summed E-state index contributed by atoms with van der Waals surface area (Å²) in [4.78, 5) is 12.3. The Kier molecular flexibility index (Phi) is 5.15. The molecule has 2 aromatic rings. The minimum absolute atomic E-state index is 0.0178. The first kappa shape index (κ1) is 18.6. The summed E-state index contributed by atoms with van der Waals surface area (Å²) in [6.07, 6.45) is -2.11. The third-order valence-corrected chi connectivity index (χ3v) is 5.56. The molecule has 6 nitrogen and oxygen atoms in total. The van der Waals surface area contributed by atoms with Gasteiger partial charge < -0.3 is 30.0 Å². The fourth-order valence-electron chi connectivity index (χ4n) is 3.14. The van der Waals surface area contributed by atoms with E-state index in [1.165, 1.54) is 17.4 Å². The van der Waals surface area contributed by atoms with E-state index in [1.807, 2.05) is 30.3 Å². The number of hydrogen-bond acceptors (Lipinski definition) is 7. The third-order valence-electron chi connectivity index (χ3n) is 4.47. The van der Waals surface area contributed by atoms with Crippen molar-refractivity contribution in [2.24, 2.45) is 0 Å². The van der Waals surface area contributed by atoms with Gasteiger partial charge >= 0.3 is 0 Å². The van der Waals surface area contributed by atoms with Gasteiger partial charge in [-0.25, -0.2) is 0 Å². The van der Waals surface area contributed by atoms with Crippen molar-refractivity contribution >= 4 is 27.4 Å². The smallest absolute Gasteiger partial charge is 0.137 e. The maximum absolute atomic E-state index is 11.5. The van der Waals surface area contributed by atoms with Gasteiger partial charge in [-0.3, -0.25) is 0 Å². The Morgan fingerprint density at radius 1 is 1.42 bits per heavy atom. The number of carbonyl (C=O) groups excluding carboxylic acids is 1. The first-order chi connectivity index (χ1) is 12.4. The lowest BCUT2D eigenvalue weighted by Crippen LogP contribution is -2.56. The van der Waals surface area contributed by atoms with Gasteiger partial charge in [0, 0.05) is 21.6 Å². The van der Waals surface area contributed by atoms with Crippen molar-refractivity contribution in [3.63, 3.8) is 0 Å². The highest BCUT2D eigenvalue weighted by molar-refractivity contribution is 7.19. The number of benzene rings is 1. The number of carbonyl (C=O) groups is 1. The van der Waals surface area contributed by atoms with Gasteiger partial charge in [-0.05, 0) is 23.9 Å². The van der Waals surface area contributed by atoms with Crippen LogP contribution in [0.3, 0.4) is 0 Å². The second kappa shape index (κ2) is 7.20. The molecule has 1 aliphatic carbocycles. The van der Waals surface area contributed by atoms with Gasteiger partial charge in [0.15, 0.2) is 0 Å². The van der Waals surface area contributed by atoms with Crippen LogP contribution in [0.2, 0.25) is 0 Å². The number of carboxylic acid groups (broad SMARTS) is 1. The lowest BCUT2D eigenvalue weighted by atomic mass is 9.78. The standard InChI is InChI=1S/C19H20O6S/c1-2-5-13-17(16(21)14(20)9-19(13,24)18(22)23)25-10-12-8-11-6-3-4-7-15(11)26-12/h2-4,6-8,14,16,20-21,24H,1,5,9-10H2,(H,22,23)/p-1/t14-,16+,19-/m1/s1. The SMILES string of the molecule is C=CCC1=C(OCc2cc3ccccc3s2)[C@@H](O)[C@H](O)C[C@]1(O)C(=O)[O-]. The summed E-state index contributed by atoms with van der Waals surface area (Å²) in [7, 11) is 0. The van der Waals surface area contributed by atoms with Crippen LogP contribution in [0.25, 0.3) is 10.1 Å². The quantitative estimate of drug-likeness (QED) is 0.646. The number of allylic oxidation sites excluding steroid dienone is 1. The molecule has 138 valence electrons. The van der Waals surface area contributed by atoms with E-state index in [0.717, 1.165) is 15.0 Å². The van der Waals surface area contributed by atoms with Crippen LogP contribution < -0.4 is 5.11 Å². The van der Waals surface area contributed by atoms with Crippen LogP contribution in [0.5, 0.6) is 0 Å². The second-order valence-electron chi connectivity index (χ2n) is 6.24. The number of aliphatic hydroxyl groups excluding tert-OH is 2. The van der Waals surface area contributed by atoms with Gasteiger partial charge in [0.1, 0.15) is 24.1 Å². The number of aliphatic hydroxyl groups is 3. The molecule has 26 heavy (non-hydrogen) atoms. The summed E-state index contributed by atoms with van der Waals surface area (Å²) in [5.41, 5.74) is -2.46. The zero-order valence-corrected chi connectivity index (χ0v) is 14.7. The van der Waals surface area contributed by atoms with E-state index in [1.54, 1.807) is 0 Å². The molecule has 0 fully saturated rings. The number of fused-ring (bicyclic) bond motifs is 1. The van der Waals surface area contributed by atoms with E-state index in [9.17, 15) is 25.2 Å². The fraction of sp³-hybridized carbons (Fsp3) is 0.316. The summed E-state index contributed by atoms with van der Waals surface area (Å²) in [5.74, 6) is -1.89. The van der Waals surface area contributed by atoms with Crippen molar-refractivity contribution in [1.29, 1.82) is 0 Å². The molecule has 0 spiro atoms.